The zero-order valence-electron chi connectivity index (χ0n) is 13.5. The molecule has 1 aromatic rings. The molecule has 1 N–H and O–H groups in total. The van der Waals surface area contributed by atoms with Gasteiger partial charge in [0.15, 0.2) is 0 Å². The summed E-state index contributed by atoms with van der Waals surface area (Å²) in [5, 5.41) is 3.04. The van der Waals surface area contributed by atoms with Crippen molar-refractivity contribution in [3.63, 3.8) is 0 Å². The molecular weight excluding hydrogens is 319 g/mol. The average Bonchev–Trinajstić information content (AvgIpc) is 2.51. The van der Waals surface area contributed by atoms with E-state index in [1.54, 1.807) is 6.07 Å². The van der Waals surface area contributed by atoms with Gasteiger partial charge < -0.3 is 10.2 Å². The van der Waals surface area contributed by atoms with Crippen molar-refractivity contribution in [3.05, 3.63) is 24.0 Å². The predicted octanol–water partition coefficient (Wildman–Crippen LogP) is 3.38. The summed E-state index contributed by atoms with van der Waals surface area (Å²) in [6.07, 6.45) is 2.29. The van der Waals surface area contributed by atoms with Gasteiger partial charge in [-0.25, -0.2) is 0 Å². The van der Waals surface area contributed by atoms with Gasteiger partial charge in [0, 0.05) is 37.4 Å². The molecule has 7 heteroatoms. The fourth-order valence-corrected chi connectivity index (χ4v) is 3.27. The zero-order chi connectivity index (χ0) is 17.2. The van der Waals surface area contributed by atoms with Crippen molar-refractivity contribution in [1.29, 1.82) is 0 Å². The molecule has 1 aromatic heterocycles. The lowest BCUT2D eigenvalue weighted by Gasteiger charge is -2.34. The number of aromatic nitrogens is 1. The molecule has 1 aliphatic heterocycles. The van der Waals surface area contributed by atoms with Crippen molar-refractivity contribution in [1.82, 2.24) is 10.3 Å². The highest BCUT2D eigenvalue weighted by atomic mass is 19.4. The minimum atomic E-state index is -4.42. The first-order valence-corrected chi connectivity index (χ1v) is 8.49. The lowest BCUT2D eigenvalue weighted by molar-refractivity contribution is -0.141. The van der Waals surface area contributed by atoms with Crippen LogP contribution in [0.15, 0.2) is 18.3 Å². The molecule has 0 spiro atoms. The number of anilines is 1. The van der Waals surface area contributed by atoms with E-state index in [1.165, 1.54) is 12.6 Å². The number of nitrogens with one attached hydrogen (secondary N) is 1. The van der Waals surface area contributed by atoms with E-state index in [0.717, 1.165) is 31.7 Å². The molecule has 1 amide bonds. The second kappa shape index (κ2) is 6.99. The van der Waals surface area contributed by atoms with Crippen LogP contribution >= 0.6 is 0 Å². The number of carbonyl (C=O) groups is 1. The van der Waals surface area contributed by atoms with Gasteiger partial charge in [0.2, 0.25) is 5.91 Å². The molecule has 1 saturated carbocycles. The zero-order valence-corrected chi connectivity index (χ0v) is 13.5. The van der Waals surface area contributed by atoms with E-state index in [4.69, 9.17) is 0 Å². The van der Waals surface area contributed by atoms with Gasteiger partial charge in [-0.05, 0) is 50.2 Å². The smallest absolute Gasteiger partial charge is 0.371 e. The van der Waals surface area contributed by atoms with E-state index >= 15 is 0 Å². The molecule has 0 aromatic carbocycles. The Balaban J connectivity index is 1.50. The Kier molecular flexibility index (Phi) is 4.96. The topological polar surface area (TPSA) is 45.2 Å². The molecule has 4 nitrogen and oxygen atoms in total. The van der Waals surface area contributed by atoms with Crippen LogP contribution in [0.1, 0.15) is 44.2 Å². The number of carbonyl (C=O) groups excluding carboxylic acids is 1. The van der Waals surface area contributed by atoms with Crippen LogP contribution in [-0.2, 0) is 11.0 Å². The summed E-state index contributed by atoms with van der Waals surface area (Å²) in [7, 11) is 0. The summed E-state index contributed by atoms with van der Waals surface area (Å²) in [4.78, 5) is 17.3. The van der Waals surface area contributed by atoms with Gasteiger partial charge in [-0.15, -0.1) is 0 Å². The largest absolute Gasteiger partial charge is 0.433 e. The van der Waals surface area contributed by atoms with Gasteiger partial charge in [0.05, 0.1) is 0 Å². The summed E-state index contributed by atoms with van der Waals surface area (Å²) in [6.45, 7) is 1.34. The predicted molar refractivity (Wildman–Crippen MR) is 84.6 cm³/mol. The quantitative estimate of drug-likeness (QED) is 0.913. The second-order valence-electron chi connectivity index (χ2n) is 6.73. The summed E-state index contributed by atoms with van der Waals surface area (Å²) in [5.41, 5.74) is -0.309. The summed E-state index contributed by atoms with van der Waals surface area (Å²) in [6, 6.07) is 3.07. The maximum absolute atomic E-state index is 12.8. The van der Waals surface area contributed by atoms with Gasteiger partial charge in [0.25, 0.3) is 0 Å². The average molecular weight is 341 g/mol. The Labute approximate surface area is 139 Å². The maximum atomic E-state index is 12.8. The molecule has 3 rings (SSSR count). The van der Waals surface area contributed by atoms with Crippen LogP contribution in [0.3, 0.4) is 0 Å². The third-order valence-electron chi connectivity index (χ3n) is 4.96. The van der Waals surface area contributed by atoms with E-state index in [0.29, 0.717) is 37.2 Å². The Hall–Kier alpha value is -1.79. The summed E-state index contributed by atoms with van der Waals surface area (Å²) >= 11 is 0. The molecule has 1 aliphatic carbocycles. The third kappa shape index (κ3) is 4.19. The minimum absolute atomic E-state index is 0.112. The summed E-state index contributed by atoms with van der Waals surface area (Å²) in [5.74, 6) is 0.423. The van der Waals surface area contributed by atoms with E-state index < -0.39 is 11.9 Å². The van der Waals surface area contributed by atoms with E-state index in [-0.39, 0.29) is 5.91 Å². The normalized spacial score (nSPS) is 19.9. The van der Waals surface area contributed by atoms with Crippen molar-refractivity contribution in [2.45, 2.75) is 50.7 Å². The van der Waals surface area contributed by atoms with Crippen LogP contribution in [0, 0.1) is 5.92 Å². The Morgan fingerprint density at radius 1 is 1.25 bits per heavy atom. The highest BCUT2D eigenvalue weighted by Crippen LogP contribution is 2.31. The molecule has 0 atom stereocenters. The lowest BCUT2D eigenvalue weighted by Crippen LogP contribution is -2.41. The van der Waals surface area contributed by atoms with Gasteiger partial charge in [-0.2, -0.15) is 13.2 Å². The van der Waals surface area contributed by atoms with Gasteiger partial charge in [-0.3, -0.25) is 9.78 Å². The minimum Gasteiger partial charge on any atom is -0.371 e. The highest BCUT2D eigenvalue weighted by molar-refractivity contribution is 5.76. The highest BCUT2D eigenvalue weighted by Gasteiger charge is 2.33. The molecule has 132 valence electrons. The van der Waals surface area contributed by atoms with Gasteiger partial charge in [-0.1, -0.05) is 0 Å². The molecule has 24 heavy (non-hydrogen) atoms. The number of alkyl halides is 3. The molecule has 1 saturated heterocycles. The van der Waals surface area contributed by atoms with Crippen LogP contribution in [0.2, 0.25) is 0 Å². The molecule has 2 heterocycles. The van der Waals surface area contributed by atoms with Gasteiger partial charge >= 0.3 is 6.18 Å². The first-order chi connectivity index (χ1) is 11.4. The van der Waals surface area contributed by atoms with Crippen LogP contribution in [0.5, 0.6) is 0 Å². The number of pyridine rings is 1. The van der Waals surface area contributed by atoms with Crippen LogP contribution in [-0.4, -0.2) is 30.0 Å². The number of hydrogen-bond acceptors (Lipinski definition) is 3. The SMILES string of the molecule is O=C(CC1CCN(c2ccnc(C(F)(F)F)c2)CC1)NC1CCC1. The number of amides is 1. The maximum Gasteiger partial charge on any atom is 0.433 e. The van der Waals surface area contributed by atoms with Crippen LogP contribution in [0.4, 0.5) is 18.9 Å². The first kappa shape index (κ1) is 17.0. The molecule has 2 fully saturated rings. The number of rotatable bonds is 4. The van der Waals surface area contributed by atoms with Crippen LogP contribution in [0.25, 0.3) is 0 Å². The van der Waals surface area contributed by atoms with E-state index in [1.807, 2.05) is 4.90 Å². The molecule has 0 bridgehead atoms. The molecule has 0 radical (unpaired) electrons. The molecule has 2 aliphatic rings. The monoisotopic (exact) mass is 341 g/mol. The molecule has 0 unspecified atom stereocenters. The Bertz CT molecular complexity index is 579. The Morgan fingerprint density at radius 3 is 2.54 bits per heavy atom. The first-order valence-electron chi connectivity index (χ1n) is 8.49. The summed E-state index contributed by atoms with van der Waals surface area (Å²) < 4.78 is 38.3. The van der Waals surface area contributed by atoms with Crippen molar-refractivity contribution < 1.29 is 18.0 Å². The van der Waals surface area contributed by atoms with Crippen molar-refractivity contribution in [3.8, 4) is 0 Å². The van der Waals surface area contributed by atoms with Gasteiger partial charge in [0.1, 0.15) is 5.69 Å². The standard InChI is InChI=1S/C17H22F3N3O/c18-17(19,20)15-11-14(4-7-21-15)23-8-5-12(6-9-23)10-16(24)22-13-2-1-3-13/h4,7,11-13H,1-3,5-6,8-10H2,(H,22,24). The second-order valence-corrected chi connectivity index (χ2v) is 6.73. The number of piperidine rings is 1. The lowest BCUT2D eigenvalue weighted by atomic mass is 9.90. The van der Waals surface area contributed by atoms with E-state index in [9.17, 15) is 18.0 Å². The Morgan fingerprint density at radius 2 is 1.96 bits per heavy atom. The van der Waals surface area contributed by atoms with Crippen molar-refractivity contribution >= 4 is 11.6 Å². The number of halogens is 3. The fourth-order valence-electron chi connectivity index (χ4n) is 3.27. The number of hydrogen-bond donors (Lipinski definition) is 1. The third-order valence-corrected chi connectivity index (χ3v) is 4.96. The fraction of sp³-hybridized carbons (Fsp3) is 0.647. The van der Waals surface area contributed by atoms with Crippen LogP contribution < -0.4 is 10.2 Å². The molecular formula is C17H22F3N3O. The van der Waals surface area contributed by atoms with Crippen molar-refractivity contribution in [2.24, 2.45) is 5.92 Å². The van der Waals surface area contributed by atoms with E-state index in [2.05, 4.69) is 10.3 Å². The van der Waals surface area contributed by atoms with Crippen molar-refractivity contribution in [2.75, 3.05) is 18.0 Å². The number of nitrogens with zero attached hydrogens (tertiary/aromatic N) is 2.